The largest absolute Gasteiger partial charge is 0.496 e. The van der Waals surface area contributed by atoms with Crippen LogP contribution in [0.15, 0.2) is 18.2 Å². The molecule has 1 aliphatic rings. The quantitative estimate of drug-likeness (QED) is 0.718. The first-order valence-corrected chi connectivity index (χ1v) is 5.28. The van der Waals surface area contributed by atoms with Crippen LogP contribution in [0, 0.1) is 0 Å². The number of carbonyl (C=O) groups is 1. The van der Waals surface area contributed by atoms with Gasteiger partial charge < -0.3 is 9.64 Å². The molecular formula is C11H12ClNO2. The molecule has 15 heavy (non-hydrogen) atoms. The molecule has 1 heterocycles. The van der Waals surface area contributed by atoms with Gasteiger partial charge in [0.15, 0.2) is 0 Å². The topological polar surface area (TPSA) is 29.5 Å². The van der Waals surface area contributed by atoms with Crippen molar-refractivity contribution in [1.29, 1.82) is 0 Å². The number of carbonyl (C=O) groups excluding carboxylic acids is 1. The van der Waals surface area contributed by atoms with Gasteiger partial charge in [-0.05, 0) is 11.6 Å². The van der Waals surface area contributed by atoms with Crippen LogP contribution in [0.5, 0.6) is 5.75 Å². The number of amides is 1. The number of ether oxygens (including phenoxy) is 1. The van der Waals surface area contributed by atoms with E-state index in [2.05, 4.69) is 0 Å². The van der Waals surface area contributed by atoms with Gasteiger partial charge in [0.05, 0.1) is 13.7 Å². The third-order valence-corrected chi connectivity index (χ3v) is 2.86. The third-order valence-electron chi connectivity index (χ3n) is 2.63. The van der Waals surface area contributed by atoms with Gasteiger partial charge in [0.1, 0.15) is 11.6 Å². The lowest BCUT2D eigenvalue weighted by molar-refractivity contribution is -0.129. The van der Waals surface area contributed by atoms with Crippen LogP contribution in [0.3, 0.4) is 0 Å². The zero-order valence-electron chi connectivity index (χ0n) is 8.50. The second-order valence-corrected chi connectivity index (χ2v) is 3.75. The molecule has 0 saturated carbocycles. The molecule has 0 aromatic heterocycles. The van der Waals surface area contributed by atoms with Crippen molar-refractivity contribution >= 4 is 17.5 Å². The van der Waals surface area contributed by atoms with Crippen LogP contribution in [-0.2, 0) is 17.9 Å². The van der Waals surface area contributed by atoms with Gasteiger partial charge in [-0.1, -0.05) is 12.1 Å². The Labute approximate surface area is 93.6 Å². The molecule has 0 bridgehead atoms. The molecule has 0 N–H and O–H groups in total. The lowest BCUT2D eigenvalue weighted by Crippen LogP contribution is -2.26. The predicted molar refractivity (Wildman–Crippen MR) is 58.0 cm³/mol. The summed E-state index contributed by atoms with van der Waals surface area (Å²) >= 11 is 5.53. The zero-order valence-corrected chi connectivity index (χ0v) is 9.25. The molecule has 0 aliphatic carbocycles. The highest BCUT2D eigenvalue weighted by Crippen LogP contribution is 2.30. The maximum atomic E-state index is 11.4. The molecule has 0 spiro atoms. The number of fused-ring (bicyclic) bond motifs is 1. The summed E-state index contributed by atoms with van der Waals surface area (Å²) in [6.07, 6.45) is 0. The summed E-state index contributed by atoms with van der Waals surface area (Å²) < 4.78 is 5.25. The van der Waals surface area contributed by atoms with Crippen molar-refractivity contribution in [2.45, 2.75) is 13.1 Å². The van der Waals surface area contributed by atoms with E-state index < -0.39 is 0 Å². The number of methoxy groups -OCH3 is 1. The summed E-state index contributed by atoms with van der Waals surface area (Å²) in [4.78, 5) is 13.2. The van der Waals surface area contributed by atoms with Gasteiger partial charge in [-0.25, -0.2) is 0 Å². The van der Waals surface area contributed by atoms with Crippen LogP contribution < -0.4 is 4.74 Å². The highest BCUT2D eigenvalue weighted by atomic mass is 35.5. The number of nitrogens with zero attached hydrogens (tertiary/aromatic N) is 1. The Hall–Kier alpha value is -1.22. The van der Waals surface area contributed by atoms with E-state index in [1.807, 2.05) is 18.2 Å². The summed E-state index contributed by atoms with van der Waals surface area (Å²) in [5, 5.41) is 0. The van der Waals surface area contributed by atoms with Crippen LogP contribution in [-0.4, -0.2) is 23.8 Å². The Morgan fingerprint density at radius 1 is 1.53 bits per heavy atom. The van der Waals surface area contributed by atoms with E-state index >= 15 is 0 Å². The highest BCUT2D eigenvalue weighted by molar-refractivity contribution is 6.27. The first-order chi connectivity index (χ1) is 7.26. The van der Waals surface area contributed by atoms with Gasteiger partial charge in [-0.2, -0.15) is 0 Å². The van der Waals surface area contributed by atoms with E-state index in [4.69, 9.17) is 16.3 Å². The average Bonchev–Trinajstić information content (AvgIpc) is 2.71. The van der Waals surface area contributed by atoms with Crippen molar-refractivity contribution in [3.05, 3.63) is 29.3 Å². The molecule has 0 fully saturated rings. The van der Waals surface area contributed by atoms with E-state index in [-0.39, 0.29) is 11.8 Å². The lowest BCUT2D eigenvalue weighted by Gasteiger charge is -2.13. The molecule has 0 saturated heterocycles. The lowest BCUT2D eigenvalue weighted by atomic mass is 10.1. The predicted octanol–water partition coefficient (Wildman–Crippen LogP) is 1.78. The van der Waals surface area contributed by atoms with E-state index in [9.17, 15) is 4.79 Å². The van der Waals surface area contributed by atoms with Crippen LogP contribution in [0.4, 0.5) is 0 Å². The molecular weight excluding hydrogens is 214 g/mol. The summed E-state index contributed by atoms with van der Waals surface area (Å²) in [7, 11) is 1.64. The minimum atomic E-state index is -0.0325. The molecule has 3 nitrogen and oxygen atoms in total. The first kappa shape index (κ1) is 10.3. The van der Waals surface area contributed by atoms with Crippen molar-refractivity contribution in [3.8, 4) is 5.75 Å². The van der Waals surface area contributed by atoms with Gasteiger partial charge in [-0.15, -0.1) is 11.6 Å². The van der Waals surface area contributed by atoms with Crippen molar-refractivity contribution < 1.29 is 9.53 Å². The molecule has 80 valence electrons. The molecule has 1 aromatic carbocycles. The van der Waals surface area contributed by atoms with Crippen molar-refractivity contribution in [2.24, 2.45) is 0 Å². The minimum Gasteiger partial charge on any atom is -0.496 e. The van der Waals surface area contributed by atoms with Gasteiger partial charge >= 0.3 is 0 Å². The van der Waals surface area contributed by atoms with Crippen LogP contribution in [0.1, 0.15) is 11.1 Å². The number of rotatable bonds is 2. The molecule has 1 amide bonds. The fraction of sp³-hybridized carbons (Fsp3) is 0.364. The second-order valence-electron chi connectivity index (χ2n) is 3.48. The van der Waals surface area contributed by atoms with Crippen molar-refractivity contribution in [3.63, 3.8) is 0 Å². The van der Waals surface area contributed by atoms with Crippen LogP contribution >= 0.6 is 11.6 Å². The number of alkyl halides is 1. The SMILES string of the molecule is COc1cccc2c1CN(C(=O)CCl)C2. The molecule has 0 radical (unpaired) electrons. The molecule has 0 unspecified atom stereocenters. The Morgan fingerprint density at radius 3 is 3.00 bits per heavy atom. The summed E-state index contributed by atoms with van der Waals surface area (Å²) in [6, 6.07) is 5.86. The second kappa shape index (κ2) is 4.11. The van der Waals surface area contributed by atoms with Crippen molar-refractivity contribution in [1.82, 2.24) is 4.90 Å². The molecule has 1 aliphatic heterocycles. The Kier molecular flexibility index (Phi) is 2.82. The van der Waals surface area contributed by atoms with E-state index in [1.54, 1.807) is 12.0 Å². The Bertz CT molecular complexity index is 392. The van der Waals surface area contributed by atoms with Gasteiger partial charge in [0.25, 0.3) is 0 Å². The molecule has 0 atom stereocenters. The average molecular weight is 226 g/mol. The Balaban J connectivity index is 2.26. The smallest absolute Gasteiger partial charge is 0.238 e. The summed E-state index contributed by atoms with van der Waals surface area (Å²) in [6.45, 7) is 1.24. The first-order valence-electron chi connectivity index (χ1n) is 4.74. The number of hydrogen-bond acceptors (Lipinski definition) is 2. The normalized spacial score (nSPS) is 13.9. The summed E-state index contributed by atoms with van der Waals surface area (Å²) in [5.41, 5.74) is 2.24. The molecule has 4 heteroatoms. The van der Waals surface area contributed by atoms with Crippen LogP contribution in [0.25, 0.3) is 0 Å². The number of hydrogen-bond donors (Lipinski definition) is 0. The maximum Gasteiger partial charge on any atom is 0.238 e. The number of benzene rings is 1. The monoisotopic (exact) mass is 225 g/mol. The fourth-order valence-electron chi connectivity index (χ4n) is 1.84. The van der Waals surface area contributed by atoms with Gasteiger partial charge in [-0.3, -0.25) is 4.79 Å². The van der Waals surface area contributed by atoms with Gasteiger partial charge in [0.2, 0.25) is 5.91 Å². The number of halogens is 1. The fourth-order valence-corrected chi connectivity index (χ4v) is 2.01. The van der Waals surface area contributed by atoms with E-state index in [0.717, 1.165) is 16.9 Å². The minimum absolute atomic E-state index is 0.0325. The van der Waals surface area contributed by atoms with E-state index in [1.165, 1.54) is 0 Å². The Morgan fingerprint density at radius 2 is 2.33 bits per heavy atom. The van der Waals surface area contributed by atoms with Crippen molar-refractivity contribution in [2.75, 3.05) is 13.0 Å². The van der Waals surface area contributed by atoms with E-state index in [0.29, 0.717) is 13.1 Å². The standard InChI is InChI=1S/C11H12ClNO2/c1-15-10-4-2-3-8-6-13(7-9(8)10)11(14)5-12/h2-4H,5-7H2,1H3. The molecule has 1 aromatic rings. The zero-order chi connectivity index (χ0) is 10.8. The van der Waals surface area contributed by atoms with Gasteiger partial charge in [0, 0.05) is 12.1 Å². The maximum absolute atomic E-state index is 11.4. The summed E-state index contributed by atoms with van der Waals surface area (Å²) in [5.74, 6) is 0.850. The highest BCUT2D eigenvalue weighted by Gasteiger charge is 2.24. The van der Waals surface area contributed by atoms with Crippen LogP contribution in [0.2, 0.25) is 0 Å². The molecule has 2 rings (SSSR count). The third kappa shape index (κ3) is 1.79.